The summed E-state index contributed by atoms with van der Waals surface area (Å²) in [5, 5.41) is 3.33. The number of amides is 1. The summed E-state index contributed by atoms with van der Waals surface area (Å²) >= 11 is 0. The maximum Gasteiger partial charge on any atom is 0.312 e. The number of unbranched alkanes of at least 4 members (excludes halogenated alkanes) is 3. The summed E-state index contributed by atoms with van der Waals surface area (Å²) in [5.41, 5.74) is 19.2. The van der Waals surface area contributed by atoms with Gasteiger partial charge in [0.2, 0.25) is 17.4 Å². The van der Waals surface area contributed by atoms with Gasteiger partial charge in [-0.05, 0) is 19.4 Å². The van der Waals surface area contributed by atoms with E-state index in [0.717, 1.165) is 25.7 Å². The van der Waals surface area contributed by atoms with Gasteiger partial charge < -0.3 is 27.5 Å². The van der Waals surface area contributed by atoms with E-state index >= 15 is 0 Å². The summed E-state index contributed by atoms with van der Waals surface area (Å²) in [5.74, 6) is 0.455. The molecule has 4 rings (SSSR count). The number of rotatable bonds is 11. The van der Waals surface area contributed by atoms with Gasteiger partial charge in [0.25, 0.3) is 0 Å². The van der Waals surface area contributed by atoms with Crippen LogP contribution >= 0.6 is 0 Å². The summed E-state index contributed by atoms with van der Waals surface area (Å²) in [6.45, 7) is 1.17. The highest BCUT2D eigenvalue weighted by Gasteiger charge is 2.25. The average molecular weight is 440 g/mol. The van der Waals surface area contributed by atoms with Crippen LogP contribution in [0.1, 0.15) is 25.7 Å². The van der Waals surface area contributed by atoms with Crippen LogP contribution in [0.2, 0.25) is 0 Å². The Labute approximate surface area is 182 Å². The van der Waals surface area contributed by atoms with Crippen molar-refractivity contribution in [2.24, 2.45) is 11.5 Å². The van der Waals surface area contributed by atoms with E-state index < -0.39 is 5.91 Å². The first-order valence-electron chi connectivity index (χ1n) is 10.3. The Morgan fingerprint density at radius 2 is 1.88 bits per heavy atom. The Morgan fingerprint density at radius 1 is 1.06 bits per heavy atom. The van der Waals surface area contributed by atoms with Gasteiger partial charge in [-0.25, -0.2) is 9.97 Å². The number of nitrogen functional groups attached to an aromatic ring is 1. The molecule has 0 bridgehead atoms. The van der Waals surface area contributed by atoms with Crippen molar-refractivity contribution < 1.29 is 9.78 Å². The van der Waals surface area contributed by atoms with Crippen molar-refractivity contribution in [3.05, 3.63) is 12.7 Å². The van der Waals surface area contributed by atoms with Crippen molar-refractivity contribution >= 4 is 51.8 Å². The molecular weight excluding hydrogens is 414 g/mol. The molecular formula is C18H26N13O+. The second-order valence-electron chi connectivity index (χ2n) is 7.22. The van der Waals surface area contributed by atoms with Gasteiger partial charge in [0.05, 0.1) is 6.33 Å². The molecule has 1 amide bonds. The number of imidazole rings is 2. The maximum atomic E-state index is 11.8. The van der Waals surface area contributed by atoms with Crippen LogP contribution in [-0.4, -0.2) is 60.4 Å². The van der Waals surface area contributed by atoms with Gasteiger partial charge >= 0.3 is 11.6 Å². The third-order valence-corrected chi connectivity index (χ3v) is 4.84. The lowest BCUT2D eigenvalue weighted by molar-refractivity contribution is -0.347. The van der Waals surface area contributed by atoms with Crippen LogP contribution < -0.4 is 32.4 Å². The normalized spacial score (nSPS) is 11.3. The molecule has 0 aliphatic rings. The highest BCUT2D eigenvalue weighted by atomic mass is 16.1. The number of aromatic amines is 3. The molecule has 0 spiro atoms. The lowest BCUT2D eigenvalue weighted by Gasteiger charge is -2.17. The molecule has 0 atom stereocenters. The molecule has 0 unspecified atom stereocenters. The third kappa shape index (κ3) is 4.49. The molecule has 0 saturated carbocycles. The van der Waals surface area contributed by atoms with Gasteiger partial charge in [-0.15, -0.1) is 0 Å². The smallest absolute Gasteiger partial charge is 0.312 e. The van der Waals surface area contributed by atoms with E-state index in [1.165, 1.54) is 11.2 Å². The van der Waals surface area contributed by atoms with Gasteiger partial charge in [-0.1, -0.05) is 17.8 Å². The first-order chi connectivity index (χ1) is 15.6. The molecule has 0 aliphatic carbocycles. The molecule has 10 N–H and O–H groups in total. The van der Waals surface area contributed by atoms with Crippen LogP contribution in [0.4, 0.5) is 23.5 Å². The molecule has 0 saturated heterocycles. The molecule has 4 heterocycles. The van der Waals surface area contributed by atoms with E-state index in [-0.39, 0.29) is 24.3 Å². The van der Waals surface area contributed by atoms with Gasteiger partial charge in [0.1, 0.15) is 12.1 Å². The minimum atomic E-state index is -0.606. The van der Waals surface area contributed by atoms with E-state index in [1.54, 1.807) is 6.33 Å². The molecule has 168 valence electrons. The van der Waals surface area contributed by atoms with Crippen molar-refractivity contribution in [2.45, 2.75) is 25.7 Å². The summed E-state index contributed by atoms with van der Waals surface area (Å²) in [6.07, 6.45) is 7.24. The Kier molecular flexibility index (Phi) is 6.21. The predicted molar refractivity (Wildman–Crippen MR) is 119 cm³/mol. The van der Waals surface area contributed by atoms with Crippen molar-refractivity contribution in [3.63, 3.8) is 0 Å². The van der Waals surface area contributed by atoms with Gasteiger partial charge in [0.15, 0.2) is 23.6 Å². The zero-order chi connectivity index (χ0) is 22.5. The van der Waals surface area contributed by atoms with Crippen LogP contribution in [-0.2, 0) is 4.79 Å². The number of hydrogen-bond acceptors (Lipinski definition) is 10. The Morgan fingerprint density at radius 3 is 2.69 bits per heavy atom. The number of carbonyl (C=O) groups excluding carboxylic acids is 1. The highest BCUT2D eigenvalue weighted by molar-refractivity contribution is 5.86. The summed E-state index contributed by atoms with van der Waals surface area (Å²) < 4.78 is 0. The third-order valence-electron chi connectivity index (χ3n) is 4.84. The Hall–Kier alpha value is -4.07. The van der Waals surface area contributed by atoms with Crippen molar-refractivity contribution in [1.82, 2.24) is 34.9 Å². The second kappa shape index (κ2) is 9.38. The minimum absolute atomic E-state index is 0.114. The average Bonchev–Trinajstić information content (AvgIpc) is 3.43. The van der Waals surface area contributed by atoms with E-state index in [2.05, 4.69) is 45.2 Å². The lowest BCUT2D eigenvalue weighted by atomic mass is 10.2. The number of nitrogens with zero attached hydrogens (tertiary/aromatic N) is 6. The molecule has 0 radical (unpaired) electrons. The minimum Gasteiger partial charge on any atom is -0.382 e. The number of primary amides is 1. The topological polar surface area (TPSA) is 221 Å². The summed E-state index contributed by atoms with van der Waals surface area (Å²) in [4.78, 5) is 44.1. The molecule has 0 fully saturated rings. The molecule has 4 aromatic heterocycles. The molecule has 4 aromatic rings. The first kappa shape index (κ1) is 21.2. The zero-order valence-corrected chi connectivity index (χ0v) is 17.4. The molecule has 0 aliphatic heterocycles. The van der Waals surface area contributed by atoms with E-state index in [4.69, 9.17) is 17.2 Å². The van der Waals surface area contributed by atoms with E-state index in [1.807, 2.05) is 0 Å². The number of aromatic nitrogens is 8. The first-order valence-corrected chi connectivity index (χ1v) is 10.3. The number of anilines is 4. The number of nitrogens with one attached hydrogen (secondary N) is 4. The fourth-order valence-electron chi connectivity index (χ4n) is 3.30. The summed E-state index contributed by atoms with van der Waals surface area (Å²) in [7, 11) is 0. The van der Waals surface area contributed by atoms with Gasteiger partial charge in [-0.2, -0.15) is 15.0 Å². The van der Waals surface area contributed by atoms with Crippen molar-refractivity contribution in [2.75, 3.05) is 35.6 Å². The fraction of sp³-hybridized carbons (Fsp3) is 0.389. The summed E-state index contributed by atoms with van der Waals surface area (Å²) in [6, 6.07) is 0. The standard InChI is InChI=1S/C18H25N13O/c19-5-3-1-2-4-6-22-15-12-16(26-9-24-12)30-18(29-15)31(7-10(20)32)17-27-13(21)11-14(28-17)25-8-23-11/h8-9H,1-7,19H2,(H2,20,32)(H3,21,23,25,27,28)(H2,22,24,26,29,30)/p+1. The monoisotopic (exact) mass is 440 g/mol. The molecule has 14 nitrogen and oxygen atoms in total. The Bertz CT molecular complexity index is 1220. The lowest BCUT2D eigenvalue weighted by Crippen LogP contribution is -2.33. The van der Waals surface area contributed by atoms with Gasteiger partial charge in [-0.3, -0.25) is 14.7 Å². The molecule has 32 heavy (non-hydrogen) atoms. The Balaban J connectivity index is 1.67. The number of fused-ring (bicyclic) bond motifs is 2. The van der Waals surface area contributed by atoms with E-state index in [9.17, 15) is 4.79 Å². The quantitative estimate of drug-likeness (QED) is 0.165. The number of carbonyl (C=O) groups is 1. The van der Waals surface area contributed by atoms with Crippen molar-refractivity contribution in [1.29, 1.82) is 0 Å². The SMILES string of the molecule is NCCCCCCNc1nc(N(CC(N)=O)c2nc(N)c3[nH]cnc3n2)nc2[nH+]c[nH]c12. The van der Waals surface area contributed by atoms with Crippen molar-refractivity contribution in [3.8, 4) is 0 Å². The largest absolute Gasteiger partial charge is 0.382 e. The number of hydrogen-bond donors (Lipinski definition) is 6. The van der Waals surface area contributed by atoms with Crippen LogP contribution in [0.5, 0.6) is 0 Å². The van der Waals surface area contributed by atoms with Crippen LogP contribution in [0, 0.1) is 0 Å². The molecule has 0 aromatic carbocycles. The van der Waals surface area contributed by atoms with Gasteiger partial charge in [0, 0.05) is 6.54 Å². The fourth-order valence-corrected chi connectivity index (χ4v) is 3.30. The zero-order valence-electron chi connectivity index (χ0n) is 17.4. The molecule has 14 heteroatoms. The van der Waals surface area contributed by atoms with Crippen LogP contribution in [0.3, 0.4) is 0 Å². The predicted octanol–water partition coefficient (Wildman–Crippen LogP) is -0.425. The number of H-pyrrole nitrogens is 3. The second-order valence-corrected chi connectivity index (χ2v) is 7.22. The van der Waals surface area contributed by atoms with Crippen LogP contribution in [0.15, 0.2) is 12.7 Å². The van der Waals surface area contributed by atoms with E-state index in [0.29, 0.717) is 41.2 Å². The number of nitrogens with two attached hydrogens (primary N) is 3. The van der Waals surface area contributed by atoms with Crippen LogP contribution in [0.25, 0.3) is 22.3 Å². The highest BCUT2D eigenvalue weighted by Crippen LogP contribution is 2.26. The maximum absolute atomic E-state index is 11.8.